The van der Waals surface area contributed by atoms with Gasteiger partial charge in [-0.1, -0.05) is 24.3 Å². The van der Waals surface area contributed by atoms with E-state index >= 15 is 0 Å². The Balaban J connectivity index is 1.91. The standard InChI is InChI=1S/C17H16N2O4/c18-16(21)12-6-7-13-9-19(10-15(20)23-14(13)8-12)17(22)11-4-2-1-3-5-11/h1-8,15,20H,9-10H2,(H2,18,21). The van der Waals surface area contributed by atoms with Crippen LogP contribution in [0.5, 0.6) is 5.75 Å². The van der Waals surface area contributed by atoms with Crippen molar-refractivity contribution in [2.75, 3.05) is 6.54 Å². The van der Waals surface area contributed by atoms with Gasteiger partial charge >= 0.3 is 0 Å². The van der Waals surface area contributed by atoms with Gasteiger partial charge in [-0.3, -0.25) is 9.59 Å². The zero-order valence-electron chi connectivity index (χ0n) is 12.3. The molecule has 6 nitrogen and oxygen atoms in total. The first-order chi connectivity index (χ1) is 11.0. The lowest BCUT2D eigenvalue weighted by molar-refractivity contribution is -0.0309. The van der Waals surface area contributed by atoms with Crippen molar-refractivity contribution in [3.8, 4) is 5.75 Å². The third-order valence-corrected chi connectivity index (χ3v) is 3.66. The summed E-state index contributed by atoms with van der Waals surface area (Å²) in [6.07, 6.45) is -1.17. The molecule has 1 aliphatic heterocycles. The fourth-order valence-electron chi connectivity index (χ4n) is 2.51. The second-order valence-electron chi connectivity index (χ2n) is 5.31. The Hall–Kier alpha value is -2.86. The van der Waals surface area contributed by atoms with Gasteiger partial charge < -0.3 is 20.5 Å². The van der Waals surface area contributed by atoms with E-state index in [2.05, 4.69) is 0 Å². The maximum atomic E-state index is 12.6. The van der Waals surface area contributed by atoms with Crippen LogP contribution in [-0.4, -0.2) is 34.7 Å². The van der Waals surface area contributed by atoms with Crippen LogP contribution >= 0.6 is 0 Å². The highest BCUT2D eigenvalue weighted by atomic mass is 16.6. The van der Waals surface area contributed by atoms with Crippen molar-refractivity contribution in [2.45, 2.75) is 12.8 Å². The maximum Gasteiger partial charge on any atom is 0.254 e. The lowest BCUT2D eigenvalue weighted by atomic mass is 10.1. The van der Waals surface area contributed by atoms with Gasteiger partial charge in [-0.15, -0.1) is 0 Å². The van der Waals surface area contributed by atoms with Crippen LogP contribution in [0.15, 0.2) is 48.5 Å². The minimum Gasteiger partial charge on any atom is -0.463 e. The first-order valence-corrected chi connectivity index (χ1v) is 7.16. The molecule has 3 rings (SSSR count). The Kier molecular flexibility index (Phi) is 3.99. The number of amides is 2. The summed E-state index contributed by atoms with van der Waals surface area (Å²) in [6.45, 7) is 0.313. The largest absolute Gasteiger partial charge is 0.463 e. The molecule has 1 aliphatic rings. The first kappa shape index (κ1) is 15.1. The molecule has 1 unspecified atom stereocenters. The highest BCUT2D eigenvalue weighted by molar-refractivity contribution is 5.94. The number of nitrogens with two attached hydrogens (primary N) is 1. The lowest BCUT2D eigenvalue weighted by Crippen LogP contribution is -2.37. The molecule has 6 heteroatoms. The van der Waals surface area contributed by atoms with Crippen LogP contribution in [0.25, 0.3) is 0 Å². The van der Waals surface area contributed by atoms with E-state index in [0.717, 1.165) is 0 Å². The molecule has 3 N–H and O–H groups in total. The van der Waals surface area contributed by atoms with Gasteiger partial charge in [0, 0.05) is 23.2 Å². The molecule has 2 aromatic carbocycles. The number of ether oxygens (including phenoxy) is 1. The fraction of sp³-hybridized carbons (Fsp3) is 0.176. The van der Waals surface area contributed by atoms with E-state index in [-0.39, 0.29) is 19.0 Å². The molecule has 2 aromatic rings. The summed E-state index contributed by atoms with van der Waals surface area (Å²) < 4.78 is 5.42. The fourth-order valence-corrected chi connectivity index (χ4v) is 2.51. The predicted molar refractivity (Wildman–Crippen MR) is 82.8 cm³/mol. The van der Waals surface area contributed by atoms with Gasteiger partial charge in [0.15, 0.2) is 0 Å². The Morgan fingerprint density at radius 1 is 1.13 bits per heavy atom. The number of nitrogens with zero attached hydrogens (tertiary/aromatic N) is 1. The summed E-state index contributed by atoms with van der Waals surface area (Å²) in [5, 5.41) is 10.00. The van der Waals surface area contributed by atoms with Gasteiger partial charge in [0.05, 0.1) is 6.54 Å². The molecule has 0 aliphatic carbocycles. The third-order valence-electron chi connectivity index (χ3n) is 3.66. The molecule has 0 radical (unpaired) electrons. The number of benzene rings is 2. The average Bonchev–Trinajstić information content (AvgIpc) is 2.72. The zero-order valence-corrected chi connectivity index (χ0v) is 12.3. The normalized spacial score (nSPS) is 16.9. The lowest BCUT2D eigenvalue weighted by Gasteiger charge is -2.21. The highest BCUT2D eigenvalue weighted by Gasteiger charge is 2.26. The number of fused-ring (bicyclic) bond motifs is 1. The first-order valence-electron chi connectivity index (χ1n) is 7.16. The topological polar surface area (TPSA) is 92.9 Å². The average molecular weight is 312 g/mol. The van der Waals surface area contributed by atoms with E-state index in [1.54, 1.807) is 36.4 Å². The summed E-state index contributed by atoms with van der Waals surface area (Å²) in [5.74, 6) is -0.412. The monoisotopic (exact) mass is 312 g/mol. The van der Waals surface area contributed by atoms with Crippen LogP contribution < -0.4 is 10.5 Å². The van der Waals surface area contributed by atoms with E-state index in [9.17, 15) is 14.7 Å². The number of primary amides is 1. The second-order valence-corrected chi connectivity index (χ2v) is 5.31. The van der Waals surface area contributed by atoms with E-state index in [1.807, 2.05) is 6.07 Å². The summed E-state index contributed by atoms with van der Waals surface area (Å²) >= 11 is 0. The highest BCUT2D eigenvalue weighted by Crippen LogP contribution is 2.26. The molecule has 1 heterocycles. The van der Waals surface area contributed by atoms with E-state index in [0.29, 0.717) is 22.4 Å². The van der Waals surface area contributed by atoms with Gasteiger partial charge in [-0.2, -0.15) is 0 Å². The predicted octanol–water partition coefficient (Wildman–Crippen LogP) is 1.14. The van der Waals surface area contributed by atoms with Crippen LogP contribution in [-0.2, 0) is 6.54 Å². The number of carbonyl (C=O) groups is 2. The Bertz CT molecular complexity index is 746. The molecule has 1 atom stereocenters. The smallest absolute Gasteiger partial charge is 0.254 e. The number of hydrogen-bond donors (Lipinski definition) is 2. The Labute approximate surface area is 133 Å². The number of β-amino-alcohol motifs (C(OH)–C–C–N with tert-alkyl or cyclic N) is 1. The quantitative estimate of drug-likeness (QED) is 0.869. The molecule has 0 saturated heterocycles. The summed E-state index contributed by atoms with van der Waals surface area (Å²) in [4.78, 5) is 25.3. The summed E-state index contributed by atoms with van der Waals surface area (Å²) in [5.41, 5.74) is 6.78. The van der Waals surface area contributed by atoms with Crippen molar-refractivity contribution in [2.24, 2.45) is 5.73 Å². The van der Waals surface area contributed by atoms with Crippen molar-refractivity contribution in [1.29, 1.82) is 0 Å². The van der Waals surface area contributed by atoms with Gasteiger partial charge in [-0.05, 0) is 24.3 Å². The SMILES string of the molecule is NC(=O)c1ccc2c(c1)OC(O)CN(C(=O)c1ccccc1)C2. The van der Waals surface area contributed by atoms with Crippen LogP contribution in [0.3, 0.4) is 0 Å². The Morgan fingerprint density at radius 3 is 2.57 bits per heavy atom. The van der Waals surface area contributed by atoms with Crippen molar-refractivity contribution < 1.29 is 19.4 Å². The minimum atomic E-state index is -1.17. The molecule has 23 heavy (non-hydrogen) atoms. The molecule has 0 aromatic heterocycles. The molecular formula is C17H16N2O4. The molecule has 0 bridgehead atoms. The zero-order chi connectivity index (χ0) is 16.4. The van der Waals surface area contributed by atoms with Crippen molar-refractivity contribution in [1.82, 2.24) is 4.90 Å². The molecular weight excluding hydrogens is 296 g/mol. The molecule has 2 amide bonds. The number of aliphatic hydroxyl groups is 1. The van der Waals surface area contributed by atoms with Gasteiger partial charge in [0.25, 0.3) is 5.91 Å². The summed E-state index contributed by atoms with van der Waals surface area (Å²) in [7, 11) is 0. The van der Waals surface area contributed by atoms with Gasteiger partial charge in [0.1, 0.15) is 5.75 Å². The Morgan fingerprint density at radius 2 is 1.87 bits per heavy atom. The van der Waals surface area contributed by atoms with Gasteiger partial charge in [0.2, 0.25) is 12.2 Å². The number of carbonyl (C=O) groups excluding carboxylic acids is 2. The van der Waals surface area contributed by atoms with Crippen LogP contribution in [0.1, 0.15) is 26.3 Å². The molecule has 0 saturated carbocycles. The number of rotatable bonds is 2. The molecule has 0 fully saturated rings. The van der Waals surface area contributed by atoms with Crippen LogP contribution in [0.2, 0.25) is 0 Å². The maximum absolute atomic E-state index is 12.6. The van der Waals surface area contributed by atoms with Gasteiger partial charge in [-0.25, -0.2) is 0 Å². The van der Waals surface area contributed by atoms with E-state index < -0.39 is 12.2 Å². The van der Waals surface area contributed by atoms with E-state index in [4.69, 9.17) is 10.5 Å². The van der Waals surface area contributed by atoms with Crippen molar-refractivity contribution in [3.05, 3.63) is 65.2 Å². The summed E-state index contributed by atoms with van der Waals surface area (Å²) in [6, 6.07) is 13.6. The molecule has 0 spiro atoms. The number of aliphatic hydroxyl groups excluding tert-OH is 1. The third kappa shape index (κ3) is 3.17. The second kappa shape index (κ2) is 6.10. The van der Waals surface area contributed by atoms with Crippen LogP contribution in [0.4, 0.5) is 0 Å². The van der Waals surface area contributed by atoms with Crippen molar-refractivity contribution in [3.63, 3.8) is 0 Å². The molecule has 118 valence electrons. The van der Waals surface area contributed by atoms with Crippen molar-refractivity contribution >= 4 is 11.8 Å². The van der Waals surface area contributed by atoms with Crippen LogP contribution in [0, 0.1) is 0 Å². The van der Waals surface area contributed by atoms with E-state index in [1.165, 1.54) is 11.0 Å². The minimum absolute atomic E-state index is 0.0360. The number of hydrogen-bond acceptors (Lipinski definition) is 4.